The van der Waals surface area contributed by atoms with Gasteiger partial charge in [-0.15, -0.1) is 16.9 Å². The van der Waals surface area contributed by atoms with Gasteiger partial charge in [-0.25, -0.2) is 4.98 Å². The second-order valence-electron chi connectivity index (χ2n) is 5.96. The maximum Gasteiger partial charge on any atom is 0.238 e. The molecule has 0 fully saturated rings. The molecule has 0 spiro atoms. The van der Waals surface area contributed by atoms with Crippen LogP contribution in [0, 0.1) is 6.92 Å². The van der Waals surface area contributed by atoms with Gasteiger partial charge in [0.25, 0.3) is 0 Å². The normalized spacial score (nSPS) is 16.3. The van der Waals surface area contributed by atoms with E-state index in [1.54, 1.807) is 11.8 Å². The third kappa shape index (κ3) is 3.50. The maximum absolute atomic E-state index is 13.2. The molecule has 0 radical (unpaired) electrons. The minimum Gasteiger partial charge on any atom is -0.302 e. The number of aromatic amines is 1. The average Bonchev–Trinajstić information content (AvgIpc) is 3.11. The molecule has 0 saturated carbocycles. The van der Waals surface area contributed by atoms with E-state index in [9.17, 15) is 4.79 Å². The number of fused-ring (bicyclic) bond motifs is 1. The number of H-pyrrole nitrogens is 1. The van der Waals surface area contributed by atoms with Crippen molar-refractivity contribution >= 4 is 35.1 Å². The van der Waals surface area contributed by atoms with Crippen molar-refractivity contribution < 1.29 is 4.79 Å². The number of rotatable bonds is 4. The van der Waals surface area contributed by atoms with E-state index in [2.05, 4.69) is 33.4 Å². The predicted molar refractivity (Wildman–Crippen MR) is 106 cm³/mol. The zero-order valence-electron chi connectivity index (χ0n) is 14.3. The molecule has 2 heterocycles. The van der Waals surface area contributed by atoms with Crippen molar-refractivity contribution in [3.05, 3.63) is 66.0 Å². The zero-order chi connectivity index (χ0) is 17.9. The minimum absolute atomic E-state index is 0.0260. The molecular formula is C19H18N4OS2. The van der Waals surface area contributed by atoms with Gasteiger partial charge in [-0.1, -0.05) is 54.2 Å². The Kier molecular flexibility index (Phi) is 4.99. The molecule has 0 aliphatic carbocycles. The van der Waals surface area contributed by atoms with E-state index < -0.39 is 0 Å². The summed E-state index contributed by atoms with van der Waals surface area (Å²) in [5.41, 5.74) is 2.14. The smallest absolute Gasteiger partial charge is 0.238 e. The minimum atomic E-state index is 0.0260. The third-order valence-corrected chi connectivity index (χ3v) is 6.16. The summed E-state index contributed by atoms with van der Waals surface area (Å²) in [5, 5.41) is 7.52. The van der Waals surface area contributed by atoms with Crippen LogP contribution in [-0.2, 0) is 4.79 Å². The molecule has 7 heteroatoms. The summed E-state index contributed by atoms with van der Waals surface area (Å²) in [6.07, 6.45) is 0. The van der Waals surface area contributed by atoms with E-state index in [1.165, 1.54) is 11.8 Å². The molecule has 132 valence electrons. The fraction of sp³-hybridized carbons (Fsp3) is 0.211. The second kappa shape index (κ2) is 7.55. The Hall–Kier alpha value is -2.25. The molecule has 1 aliphatic rings. The van der Waals surface area contributed by atoms with Crippen LogP contribution in [0.4, 0.5) is 5.69 Å². The molecular weight excluding hydrogens is 364 g/mol. The number of carbonyl (C=O) groups is 1. The number of thioether (sulfide) groups is 2. The Bertz CT molecular complexity index is 913. The van der Waals surface area contributed by atoms with Gasteiger partial charge in [0.15, 0.2) is 0 Å². The van der Waals surface area contributed by atoms with Crippen molar-refractivity contribution in [2.75, 3.05) is 16.4 Å². The lowest BCUT2D eigenvalue weighted by atomic mass is 10.1. The summed E-state index contributed by atoms with van der Waals surface area (Å²) in [6, 6.07) is 18.4. The van der Waals surface area contributed by atoms with Crippen LogP contribution in [0.25, 0.3) is 0 Å². The van der Waals surface area contributed by atoms with Gasteiger partial charge in [0, 0.05) is 10.6 Å². The number of nitrogens with zero attached hydrogens (tertiary/aromatic N) is 3. The molecule has 1 amide bonds. The molecule has 0 saturated heterocycles. The molecule has 5 nitrogen and oxygen atoms in total. The zero-order valence-corrected chi connectivity index (χ0v) is 15.9. The third-order valence-electron chi connectivity index (χ3n) is 4.19. The van der Waals surface area contributed by atoms with Crippen LogP contribution in [-0.4, -0.2) is 32.6 Å². The van der Waals surface area contributed by atoms with Crippen LogP contribution in [0.2, 0.25) is 0 Å². The highest BCUT2D eigenvalue weighted by Crippen LogP contribution is 2.43. The number of aromatic nitrogens is 3. The van der Waals surface area contributed by atoms with E-state index in [1.807, 2.05) is 48.2 Å². The predicted octanol–water partition coefficient (Wildman–Crippen LogP) is 4.09. The number of nitrogens with one attached hydrogen (secondary N) is 1. The van der Waals surface area contributed by atoms with Crippen molar-refractivity contribution in [1.29, 1.82) is 0 Å². The lowest BCUT2D eigenvalue weighted by Crippen LogP contribution is -2.39. The number of amides is 1. The molecule has 3 aromatic rings. The van der Waals surface area contributed by atoms with E-state index >= 15 is 0 Å². The Morgan fingerprint density at radius 3 is 2.77 bits per heavy atom. The summed E-state index contributed by atoms with van der Waals surface area (Å²) in [6.45, 7) is 1.85. The Morgan fingerprint density at radius 2 is 2.00 bits per heavy atom. The Morgan fingerprint density at radius 1 is 1.23 bits per heavy atom. The quantitative estimate of drug-likeness (QED) is 0.689. The number of para-hydroxylation sites is 1. The molecule has 1 N–H and O–H groups in total. The van der Waals surface area contributed by atoms with Gasteiger partial charge < -0.3 is 4.90 Å². The number of aryl methyl sites for hydroxylation is 1. The molecule has 4 rings (SSSR count). The first-order chi connectivity index (χ1) is 12.7. The molecule has 0 bridgehead atoms. The van der Waals surface area contributed by atoms with Gasteiger partial charge in [-0.2, -0.15) is 0 Å². The number of hydrogen-bond acceptors (Lipinski definition) is 5. The van der Waals surface area contributed by atoms with Crippen molar-refractivity contribution in [2.24, 2.45) is 0 Å². The molecule has 1 aromatic heterocycles. The van der Waals surface area contributed by atoms with E-state index in [-0.39, 0.29) is 11.9 Å². The number of benzene rings is 2. The van der Waals surface area contributed by atoms with Gasteiger partial charge >= 0.3 is 0 Å². The van der Waals surface area contributed by atoms with Gasteiger partial charge in [0.05, 0.1) is 17.5 Å². The van der Waals surface area contributed by atoms with Crippen molar-refractivity contribution in [1.82, 2.24) is 15.2 Å². The molecule has 1 aliphatic heterocycles. The number of carbonyl (C=O) groups excluding carboxylic acids is 1. The lowest BCUT2D eigenvalue weighted by Gasteiger charge is -2.37. The van der Waals surface area contributed by atoms with Crippen molar-refractivity contribution in [2.45, 2.75) is 23.0 Å². The van der Waals surface area contributed by atoms with Crippen LogP contribution >= 0.6 is 23.5 Å². The highest BCUT2D eigenvalue weighted by atomic mass is 32.2. The Labute approximate surface area is 160 Å². The maximum atomic E-state index is 13.2. The first kappa shape index (κ1) is 17.2. The molecule has 2 aromatic carbocycles. The van der Waals surface area contributed by atoms with E-state index in [0.29, 0.717) is 10.9 Å². The van der Waals surface area contributed by atoms with Gasteiger partial charge in [-0.05, 0) is 24.6 Å². The van der Waals surface area contributed by atoms with Crippen molar-refractivity contribution in [3.63, 3.8) is 0 Å². The number of anilines is 1. The highest BCUT2D eigenvalue weighted by Gasteiger charge is 2.32. The first-order valence-corrected chi connectivity index (χ1v) is 10.3. The molecule has 1 unspecified atom stereocenters. The van der Waals surface area contributed by atoms with E-state index in [0.717, 1.165) is 27.7 Å². The SMILES string of the molecule is Cc1nc(SCC(=O)N2c3ccccc3SCC2c2ccccc2)n[nH]1. The average molecular weight is 383 g/mol. The fourth-order valence-electron chi connectivity index (χ4n) is 3.00. The van der Waals surface area contributed by atoms with Crippen LogP contribution < -0.4 is 4.90 Å². The fourth-order valence-corrected chi connectivity index (χ4v) is 4.87. The topological polar surface area (TPSA) is 61.9 Å². The summed E-state index contributed by atoms with van der Waals surface area (Å²) >= 11 is 3.16. The second-order valence-corrected chi connectivity index (χ2v) is 7.97. The van der Waals surface area contributed by atoms with Crippen LogP contribution in [0.5, 0.6) is 0 Å². The van der Waals surface area contributed by atoms with Crippen LogP contribution in [0.1, 0.15) is 17.4 Å². The summed E-state index contributed by atoms with van der Waals surface area (Å²) < 4.78 is 0. The lowest BCUT2D eigenvalue weighted by molar-refractivity contribution is -0.116. The highest BCUT2D eigenvalue weighted by molar-refractivity contribution is 8.00. The molecule has 1 atom stereocenters. The summed E-state index contributed by atoms with van der Waals surface area (Å²) in [5.74, 6) is 1.97. The monoisotopic (exact) mass is 382 g/mol. The van der Waals surface area contributed by atoms with Gasteiger partial charge in [0.2, 0.25) is 11.1 Å². The van der Waals surface area contributed by atoms with Crippen LogP contribution in [0.15, 0.2) is 64.6 Å². The standard InChI is InChI=1S/C19H18N4OS2/c1-13-20-19(22-21-13)26-12-18(24)23-15-9-5-6-10-17(15)25-11-16(23)14-7-3-2-4-8-14/h2-10,16H,11-12H2,1H3,(H,20,21,22). The summed E-state index contributed by atoms with van der Waals surface area (Å²) in [4.78, 5) is 20.5. The number of hydrogen-bond donors (Lipinski definition) is 1. The van der Waals surface area contributed by atoms with Crippen LogP contribution in [0.3, 0.4) is 0 Å². The Balaban J connectivity index is 1.62. The molecule has 26 heavy (non-hydrogen) atoms. The van der Waals surface area contributed by atoms with Gasteiger partial charge in [0.1, 0.15) is 5.82 Å². The largest absolute Gasteiger partial charge is 0.302 e. The van der Waals surface area contributed by atoms with E-state index in [4.69, 9.17) is 0 Å². The van der Waals surface area contributed by atoms with Crippen molar-refractivity contribution in [3.8, 4) is 0 Å². The summed E-state index contributed by atoms with van der Waals surface area (Å²) in [7, 11) is 0. The van der Waals surface area contributed by atoms with Gasteiger partial charge in [-0.3, -0.25) is 9.89 Å². The first-order valence-electron chi connectivity index (χ1n) is 8.33.